The van der Waals surface area contributed by atoms with Gasteiger partial charge in [-0.2, -0.15) is 0 Å². The van der Waals surface area contributed by atoms with Gasteiger partial charge in [-0.15, -0.1) is 10.2 Å². The summed E-state index contributed by atoms with van der Waals surface area (Å²) in [7, 11) is 3.20. The van der Waals surface area contributed by atoms with Gasteiger partial charge < -0.3 is 13.9 Å². The van der Waals surface area contributed by atoms with Gasteiger partial charge >= 0.3 is 0 Å². The summed E-state index contributed by atoms with van der Waals surface area (Å²) in [5, 5.41) is 9.62. The highest BCUT2D eigenvalue weighted by molar-refractivity contribution is 7.99. The third-order valence-corrected chi connectivity index (χ3v) is 5.94. The van der Waals surface area contributed by atoms with E-state index in [1.54, 1.807) is 20.3 Å². The maximum absolute atomic E-state index is 6.08. The zero-order chi connectivity index (χ0) is 20.9. The second-order valence-corrected chi connectivity index (χ2v) is 7.89. The smallest absolute Gasteiger partial charge is 0.277 e. The highest BCUT2D eigenvalue weighted by Crippen LogP contribution is 2.41. The number of benzene rings is 3. The Bertz CT molecular complexity index is 1120. The molecule has 0 N–H and O–H groups in total. The summed E-state index contributed by atoms with van der Waals surface area (Å²) >= 11 is 7.56. The molecule has 1 heterocycles. The predicted octanol–water partition coefficient (Wildman–Crippen LogP) is 6.29. The molecule has 0 spiro atoms. The lowest BCUT2D eigenvalue weighted by Gasteiger charge is -2.15. The van der Waals surface area contributed by atoms with Crippen molar-refractivity contribution in [1.29, 1.82) is 0 Å². The molecule has 1 aromatic heterocycles. The second-order valence-electron chi connectivity index (χ2n) is 6.40. The minimum Gasteiger partial charge on any atom is -0.497 e. The van der Waals surface area contributed by atoms with Crippen molar-refractivity contribution >= 4 is 23.4 Å². The highest BCUT2D eigenvalue weighted by atomic mass is 35.5. The van der Waals surface area contributed by atoms with E-state index >= 15 is 0 Å². The van der Waals surface area contributed by atoms with E-state index in [1.165, 1.54) is 11.8 Å². The lowest BCUT2D eigenvalue weighted by molar-refractivity contribution is 0.393. The molecule has 152 valence electrons. The fourth-order valence-corrected chi connectivity index (χ4v) is 4.17. The quantitative estimate of drug-likeness (QED) is 0.316. The van der Waals surface area contributed by atoms with Gasteiger partial charge in [0.15, 0.2) is 0 Å². The molecule has 4 rings (SSSR count). The Morgan fingerprint density at radius 3 is 2.30 bits per heavy atom. The Kier molecular flexibility index (Phi) is 6.26. The molecule has 5 nitrogen and oxygen atoms in total. The summed E-state index contributed by atoms with van der Waals surface area (Å²) in [5.74, 6) is 1.68. The molecular formula is C23H19ClN2O3S. The van der Waals surface area contributed by atoms with Crippen molar-refractivity contribution in [3.8, 4) is 23.0 Å². The van der Waals surface area contributed by atoms with E-state index in [4.69, 9.17) is 25.5 Å². The average molecular weight is 439 g/mol. The predicted molar refractivity (Wildman–Crippen MR) is 118 cm³/mol. The molecule has 0 saturated carbocycles. The second kappa shape index (κ2) is 9.24. The molecule has 0 fully saturated rings. The first-order valence-electron chi connectivity index (χ1n) is 9.21. The van der Waals surface area contributed by atoms with Crippen LogP contribution in [-0.4, -0.2) is 24.4 Å². The molecule has 30 heavy (non-hydrogen) atoms. The molecule has 7 heteroatoms. The summed E-state index contributed by atoms with van der Waals surface area (Å²) < 4.78 is 16.7. The average Bonchev–Trinajstić information content (AvgIpc) is 3.26. The number of rotatable bonds is 7. The van der Waals surface area contributed by atoms with Crippen LogP contribution < -0.4 is 9.47 Å². The van der Waals surface area contributed by atoms with Crippen molar-refractivity contribution in [3.63, 3.8) is 0 Å². The topological polar surface area (TPSA) is 57.4 Å². The summed E-state index contributed by atoms with van der Waals surface area (Å²) in [6.45, 7) is 0. The van der Waals surface area contributed by atoms with Crippen molar-refractivity contribution in [2.45, 2.75) is 10.5 Å². The van der Waals surface area contributed by atoms with Crippen LogP contribution in [0.25, 0.3) is 11.5 Å². The number of aromatic nitrogens is 2. The maximum atomic E-state index is 6.08. The van der Waals surface area contributed by atoms with Crippen molar-refractivity contribution in [1.82, 2.24) is 10.2 Å². The van der Waals surface area contributed by atoms with E-state index in [2.05, 4.69) is 22.3 Å². The van der Waals surface area contributed by atoms with Crippen LogP contribution in [0.4, 0.5) is 0 Å². The Balaban J connectivity index is 1.65. The molecule has 0 aliphatic carbocycles. The standard InChI is InChI=1S/C23H19ClN2O3S/c1-27-18-12-13-19(20(14-18)28-2)22-25-26-23(29-22)30-21(15-6-4-3-5-7-15)16-8-10-17(24)11-9-16/h3-14,21H,1-2H3. The minimum atomic E-state index is -0.0190. The molecule has 0 aliphatic heterocycles. The summed E-state index contributed by atoms with van der Waals surface area (Å²) in [6, 6.07) is 23.4. The molecule has 0 radical (unpaired) electrons. The third kappa shape index (κ3) is 4.45. The van der Waals surface area contributed by atoms with Crippen LogP contribution in [0.2, 0.25) is 5.02 Å². The number of nitrogens with zero attached hydrogens (tertiary/aromatic N) is 2. The molecule has 1 unspecified atom stereocenters. The van der Waals surface area contributed by atoms with E-state index in [-0.39, 0.29) is 5.25 Å². The zero-order valence-electron chi connectivity index (χ0n) is 16.4. The normalized spacial score (nSPS) is 11.8. The molecular weight excluding hydrogens is 420 g/mol. The Labute approximate surface area is 184 Å². The molecule has 0 aliphatic rings. The lowest BCUT2D eigenvalue weighted by Crippen LogP contribution is -1.96. The molecule has 1 atom stereocenters. The van der Waals surface area contributed by atoms with Gasteiger partial charge in [0.05, 0.1) is 25.0 Å². The van der Waals surface area contributed by atoms with Crippen LogP contribution in [0.15, 0.2) is 82.4 Å². The van der Waals surface area contributed by atoms with Gasteiger partial charge in [-0.05, 0) is 35.4 Å². The van der Waals surface area contributed by atoms with E-state index in [1.807, 2.05) is 54.6 Å². The fraction of sp³-hybridized carbons (Fsp3) is 0.130. The van der Waals surface area contributed by atoms with Crippen LogP contribution in [0.3, 0.4) is 0 Å². The molecule has 0 amide bonds. The van der Waals surface area contributed by atoms with Gasteiger partial charge in [-0.3, -0.25) is 0 Å². The summed E-state index contributed by atoms with van der Waals surface area (Å²) in [4.78, 5) is 0. The lowest BCUT2D eigenvalue weighted by atomic mass is 10.0. The maximum Gasteiger partial charge on any atom is 0.277 e. The number of thioether (sulfide) groups is 1. The van der Waals surface area contributed by atoms with Gasteiger partial charge in [0.25, 0.3) is 11.1 Å². The first-order valence-corrected chi connectivity index (χ1v) is 10.5. The molecule has 0 bridgehead atoms. The van der Waals surface area contributed by atoms with Gasteiger partial charge in [-0.1, -0.05) is 65.8 Å². The monoisotopic (exact) mass is 438 g/mol. The van der Waals surface area contributed by atoms with Gasteiger partial charge in [0.1, 0.15) is 11.5 Å². The zero-order valence-corrected chi connectivity index (χ0v) is 18.0. The van der Waals surface area contributed by atoms with Crippen LogP contribution in [0, 0.1) is 0 Å². The number of hydrogen-bond donors (Lipinski definition) is 0. The van der Waals surface area contributed by atoms with E-state index in [0.29, 0.717) is 33.2 Å². The van der Waals surface area contributed by atoms with Crippen LogP contribution in [0.1, 0.15) is 16.4 Å². The Morgan fingerprint density at radius 1 is 0.867 bits per heavy atom. The number of ether oxygens (including phenoxy) is 2. The SMILES string of the molecule is COc1ccc(-c2nnc(SC(c3ccccc3)c3ccc(Cl)cc3)o2)c(OC)c1. The molecule has 0 saturated heterocycles. The highest BCUT2D eigenvalue weighted by Gasteiger charge is 2.21. The van der Waals surface area contributed by atoms with E-state index in [0.717, 1.165) is 11.1 Å². The summed E-state index contributed by atoms with van der Waals surface area (Å²) in [6.07, 6.45) is 0. The number of methoxy groups -OCH3 is 2. The summed E-state index contributed by atoms with van der Waals surface area (Å²) in [5.41, 5.74) is 2.93. The number of halogens is 1. The third-order valence-electron chi connectivity index (χ3n) is 4.54. The number of hydrogen-bond acceptors (Lipinski definition) is 6. The van der Waals surface area contributed by atoms with Gasteiger partial charge in [-0.25, -0.2) is 0 Å². The van der Waals surface area contributed by atoms with Crippen LogP contribution in [-0.2, 0) is 0 Å². The van der Waals surface area contributed by atoms with Crippen LogP contribution >= 0.6 is 23.4 Å². The van der Waals surface area contributed by atoms with Crippen LogP contribution in [0.5, 0.6) is 11.5 Å². The molecule has 4 aromatic rings. The van der Waals surface area contributed by atoms with Crippen molar-refractivity contribution in [3.05, 3.63) is 88.9 Å². The first-order chi connectivity index (χ1) is 14.7. The fourth-order valence-electron chi connectivity index (χ4n) is 3.04. The van der Waals surface area contributed by atoms with E-state index in [9.17, 15) is 0 Å². The van der Waals surface area contributed by atoms with Crippen molar-refractivity contribution in [2.75, 3.05) is 14.2 Å². The molecule has 3 aromatic carbocycles. The minimum absolute atomic E-state index is 0.0190. The van der Waals surface area contributed by atoms with Crippen molar-refractivity contribution in [2.24, 2.45) is 0 Å². The van der Waals surface area contributed by atoms with E-state index < -0.39 is 0 Å². The van der Waals surface area contributed by atoms with Gasteiger partial charge in [0.2, 0.25) is 0 Å². The van der Waals surface area contributed by atoms with Crippen molar-refractivity contribution < 1.29 is 13.9 Å². The van der Waals surface area contributed by atoms with Gasteiger partial charge in [0, 0.05) is 11.1 Å². The Hall–Kier alpha value is -2.96. The first kappa shape index (κ1) is 20.3. The largest absolute Gasteiger partial charge is 0.497 e. The Morgan fingerprint density at radius 2 is 1.60 bits per heavy atom.